The van der Waals surface area contributed by atoms with Crippen LogP contribution in [0.25, 0.3) is 0 Å². The average Bonchev–Trinajstić information content (AvgIpc) is 2.54. The first kappa shape index (κ1) is 18.1. The molecular formula is C20H27N3O. The van der Waals surface area contributed by atoms with Crippen molar-refractivity contribution in [1.29, 1.82) is 0 Å². The lowest BCUT2D eigenvalue weighted by molar-refractivity contribution is 0.0955. The van der Waals surface area contributed by atoms with Crippen LogP contribution < -0.4 is 5.43 Å². The highest BCUT2D eigenvalue weighted by Crippen LogP contribution is 2.40. The van der Waals surface area contributed by atoms with Gasteiger partial charge in [-0.2, -0.15) is 5.10 Å². The van der Waals surface area contributed by atoms with Crippen molar-refractivity contribution in [1.82, 2.24) is 10.4 Å². The minimum Gasteiger partial charge on any atom is -0.267 e. The maximum atomic E-state index is 11.9. The molecule has 0 spiro atoms. The molecule has 0 radical (unpaired) electrons. The van der Waals surface area contributed by atoms with Crippen LogP contribution in [0.3, 0.4) is 0 Å². The molecule has 2 rings (SSSR count). The van der Waals surface area contributed by atoms with Crippen LogP contribution in [0.15, 0.2) is 52.9 Å². The van der Waals surface area contributed by atoms with Crippen LogP contribution in [0.4, 0.5) is 0 Å². The number of carbonyl (C=O) groups is 1. The fourth-order valence-electron chi connectivity index (χ4n) is 3.09. The Bertz CT molecular complexity index is 657. The first-order valence-corrected chi connectivity index (χ1v) is 8.52. The van der Waals surface area contributed by atoms with Gasteiger partial charge in [0.1, 0.15) is 0 Å². The van der Waals surface area contributed by atoms with Gasteiger partial charge in [0.15, 0.2) is 0 Å². The van der Waals surface area contributed by atoms with E-state index in [4.69, 9.17) is 0 Å². The van der Waals surface area contributed by atoms with Gasteiger partial charge in [0.05, 0.1) is 0 Å². The topological polar surface area (TPSA) is 54.4 Å². The molecular weight excluding hydrogens is 298 g/mol. The Balaban J connectivity index is 1.93. The molecule has 1 aliphatic carbocycles. The summed E-state index contributed by atoms with van der Waals surface area (Å²) in [6.07, 6.45) is 13.0. The molecule has 0 aromatic carbocycles. The maximum Gasteiger partial charge on any atom is 0.271 e. The van der Waals surface area contributed by atoms with Gasteiger partial charge in [0.2, 0.25) is 0 Å². The van der Waals surface area contributed by atoms with Crippen molar-refractivity contribution < 1.29 is 4.79 Å². The third-order valence-corrected chi connectivity index (χ3v) is 4.53. The highest BCUT2D eigenvalue weighted by atomic mass is 16.2. The number of hydrazone groups is 1. The summed E-state index contributed by atoms with van der Waals surface area (Å²) in [7, 11) is 0. The molecule has 128 valence electrons. The molecule has 24 heavy (non-hydrogen) atoms. The van der Waals surface area contributed by atoms with E-state index in [-0.39, 0.29) is 17.2 Å². The number of rotatable bonds is 5. The summed E-state index contributed by atoms with van der Waals surface area (Å²) in [5, 5.41) is 4.05. The van der Waals surface area contributed by atoms with Gasteiger partial charge in [0, 0.05) is 30.1 Å². The summed E-state index contributed by atoms with van der Waals surface area (Å²) in [6.45, 7) is 8.91. The predicted molar refractivity (Wildman–Crippen MR) is 98.8 cm³/mol. The molecule has 0 aliphatic heterocycles. The monoisotopic (exact) mass is 325 g/mol. The summed E-state index contributed by atoms with van der Waals surface area (Å²) >= 11 is 0. The van der Waals surface area contributed by atoms with E-state index in [1.807, 2.05) is 0 Å². The first-order chi connectivity index (χ1) is 11.4. The number of hydrogen-bond donors (Lipinski definition) is 1. The van der Waals surface area contributed by atoms with Crippen molar-refractivity contribution in [2.45, 2.75) is 47.0 Å². The maximum absolute atomic E-state index is 11.9. The Kier molecular flexibility index (Phi) is 6.07. The minimum atomic E-state index is -0.225. The zero-order valence-corrected chi connectivity index (χ0v) is 15.0. The second-order valence-corrected chi connectivity index (χ2v) is 7.10. The van der Waals surface area contributed by atoms with Crippen LogP contribution in [0, 0.1) is 11.3 Å². The van der Waals surface area contributed by atoms with Crippen LogP contribution >= 0.6 is 0 Å². The number of nitrogens with one attached hydrogen (secondary N) is 1. The Labute approximate surface area is 144 Å². The van der Waals surface area contributed by atoms with Crippen LogP contribution in [0.5, 0.6) is 0 Å². The van der Waals surface area contributed by atoms with E-state index in [2.05, 4.69) is 55.4 Å². The van der Waals surface area contributed by atoms with Gasteiger partial charge < -0.3 is 0 Å². The Hall–Kier alpha value is -2.23. The van der Waals surface area contributed by atoms with Crippen LogP contribution in [-0.4, -0.2) is 17.1 Å². The number of pyridine rings is 1. The normalized spacial score (nSPS) is 19.0. The number of hydrogen-bond acceptors (Lipinski definition) is 3. The predicted octanol–water partition coefficient (Wildman–Crippen LogP) is 4.52. The van der Waals surface area contributed by atoms with Crippen molar-refractivity contribution in [2.75, 3.05) is 0 Å². The lowest BCUT2D eigenvalue weighted by Gasteiger charge is -2.33. The van der Waals surface area contributed by atoms with Crippen molar-refractivity contribution in [3.63, 3.8) is 0 Å². The van der Waals surface area contributed by atoms with Gasteiger partial charge in [-0.3, -0.25) is 9.78 Å². The van der Waals surface area contributed by atoms with Gasteiger partial charge in [0.25, 0.3) is 5.91 Å². The first-order valence-electron chi connectivity index (χ1n) is 8.52. The zero-order chi connectivity index (χ0) is 17.6. The summed E-state index contributed by atoms with van der Waals surface area (Å²) < 4.78 is 0. The number of aromatic nitrogens is 1. The molecule has 0 bridgehead atoms. The van der Waals surface area contributed by atoms with Crippen molar-refractivity contribution in [3.8, 4) is 0 Å². The van der Waals surface area contributed by atoms with Crippen molar-refractivity contribution in [2.24, 2.45) is 16.4 Å². The van der Waals surface area contributed by atoms with Gasteiger partial charge in [-0.05, 0) is 49.3 Å². The molecule has 1 aliphatic rings. The van der Waals surface area contributed by atoms with E-state index in [1.54, 1.807) is 30.7 Å². The van der Waals surface area contributed by atoms with E-state index in [1.165, 1.54) is 30.4 Å². The Morgan fingerprint density at radius 1 is 1.38 bits per heavy atom. The quantitative estimate of drug-likeness (QED) is 0.639. The van der Waals surface area contributed by atoms with Gasteiger partial charge in [-0.25, -0.2) is 5.43 Å². The molecule has 1 unspecified atom stereocenters. The van der Waals surface area contributed by atoms with Gasteiger partial charge in [-0.1, -0.05) is 38.5 Å². The molecule has 0 fully saturated rings. The average molecular weight is 325 g/mol. The zero-order valence-electron chi connectivity index (χ0n) is 15.0. The molecule has 4 heteroatoms. The lowest BCUT2D eigenvalue weighted by atomic mass is 9.72. The highest BCUT2D eigenvalue weighted by Gasteiger charge is 2.26. The second-order valence-electron chi connectivity index (χ2n) is 7.10. The summed E-state index contributed by atoms with van der Waals surface area (Å²) in [4.78, 5) is 15.8. The summed E-state index contributed by atoms with van der Waals surface area (Å²) in [5.41, 5.74) is 6.27. The van der Waals surface area contributed by atoms with Crippen LogP contribution in [0.2, 0.25) is 0 Å². The Morgan fingerprint density at radius 2 is 2.08 bits per heavy atom. The molecule has 1 amide bonds. The molecule has 4 nitrogen and oxygen atoms in total. The molecule has 1 heterocycles. The van der Waals surface area contributed by atoms with Gasteiger partial charge in [-0.15, -0.1) is 0 Å². The van der Waals surface area contributed by atoms with E-state index in [0.29, 0.717) is 5.56 Å². The fraction of sp³-hybridized carbons (Fsp3) is 0.450. The van der Waals surface area contributed by atoms with E-state index in [0.717, 1.165) is 0 Å². The smallest absolute Gasteiger partial charge is 0.267 e. The number of nitrogens with zero attached hydrogens (tertiary/aromatic N) is 2. The molecule has 1 aromatic heterocycles. The Morgan fingerprint density at radius 3 is 2.75 bits per heavy atom. The number of allylic oxidation sites excluding steroid dienone is 4. The highest BCUT2D eigenvalue weighted by molar-refractivity contribution is 5.94. The van der Waals surface area contributed by atoms with Crippen LogP contribution in [-0.2, 0) is 0 Å². The number of carbonyl (C=O) groups excluding carboxylic acids is 1. The van der Waals surface area contributed by atoms with Crippen LogP contribution in [0.1, 0.15) is 57.3 Å². The fourth-order valence-corrected chi connectivity index (χ4v) is 3.09. The van der Waals surface area contributed by atoms with E-state index in [9.17, 15) is 4.79 Å². The van der Waals surface area contributed by atoms with Crippen molar-refractivity contribution >= 4 is 12.1 Å². The molecule has 1 N–H and O–H groups in total. The second kappa shape index (κ2) is 8.04. The third kappa shape index (κ3) is 4.88. The van der Waals surface area contributed by atoms with E-state index >= 15 is 0 Å². The molecule has 0 saturated heterocycles. The summed E-state index contributed by atoms with van der Waals surface area (Å²) in [5.74, 6) is -0.0717. The van der Waals surface area contributed by atoms with E-state index < -0.39 is 0 Å². The van der Waals surface area contributed by atoms with Crippen molar-refractivity contribution in [3.05, 3.63) is 53.4 Å². The number of amides is 1. The molecule has 1 aromatic rings. The minimum absolute atomic E-state index is 0.153. The summed E-state index contributed by atoms with van der Waals surface area (Å²) in [6, 6.07) is 3.32. The third-order valence-electron chi connectivity index (χ3n) is 4.53. The standard InChI is InChI=1S/C20H27N3O/c1-15(7-8-18-16(2)6-5-11-20(18,3)4)14-22-23-19(24)17-9-12-21-13-10-17/h7-10,12-15H,5-6,11H2,1-4H3,(H,23,24)/b8-7+,22-14-. The SMILES string of the molecule is CC1=C(/C=C/C(C)/C=N\NC(=O)c2ccncc2)C(C)(C)CCC1. The largest absolute Gasteiger partial charge is 0.271 e. The van der Waals surface area contributed by atoms with Gasteiger partial charge >= 0.3 is 0 Å². The molecule has 1 atom stereocenters. The lowest BCUT2D eigenvalue weighted by Crippen LogP contribution is -2.19. The molecule has 0 saturated carbocycles.